The highest BCUT2D eigenvalue weighted by molar-refractivity contribution is 7.85. The fourth-order valence-electron chi connectivity index (χ4n) is 0.600. The molecule has 0 amide bonds. The van der Waals surface area contributed by atoms with Crippen LogP contribution >= 0.6 is 0 Å². The van der Waals surface area contributed by atoms with E-state index in [9.17, 15) is 4.21 Å². The van der Waals surface area contributed by atoms with Gasteiger partial charge in [-0.2, -0.15) is 0 Å². The first-order valence-electron chi connectivity index (χ1n) is 3.65. The van der Waals surface area contributed by atoms with Crippen molar-refractivity contribution in [2.75, 3.05) is 12.3 Å². The highest BCUT2D eigenvalue weighted by atomic mass is 32.2. The van der Waals surface area contributed by atoms with Crippen molar-refractivity contribution in [3.63, 3.8) is 0 Å². The molecule has 0 rings (SSSR count). The Morgan fingerprint density at radius 3 is 2.20 bits per heavy atom. The van der Waals surface area contributed by atoms with Crippen LogP contribution in [0.5, 0.6) is 0 Å². The minimum Gasteiger partial charge on any atom is -0.329 e. The normalized spacial score (nSPS) is 17.3. The van der Waals surface area contributed by atoms with Crippen LogP contribution in [-0.4, -0.2) is 21.8 Å². The summed E-state index contributed by atoms with van der Waals surface area (Å²) < 4.78 is 11.2. The van der Waals surface area contributed by atoms with Crippen molar-refractivity contribution in [2.45, 2.75) is 26.0 Å². The number of nitrogens with two attached hydrogens (primary N) is 1. The van der Waals surface area contributed by atoms with Gasteiger partial charge in [0.25, 0.3) is 0 Å². The first-order valence-corrected chi connectivity index (χ1v) is 5.03. The molecule has 3 heteroatoms. The first kappa shape index (κ1) is 10.1. The second-order valence-corrected chi connectivity index (χ2v) is 4.89. The van der Waals surface area contributed by atoms with E-state index in [0.29, 0.717) is 12.5 Å². The molecule has 0 bridgehead atoms. The lowest BCUT2D eigenvalue weighted by molar-refractivity contribution is 0.655. The Bertz CT molecular complexity index is 114. The Morgan fingerprint density at radius 1 is 1.40 bits per heavy atom. The van der Waals surface area contributed by atoms with Crippen molar-refractivity contribution in [1.82, 2.24) is 0 Å². The largest absolute Gasteiger partial charge is 0.329 e. The van der Waals surface area contributed by atoms with E-state index in [-0.39, 0.29) is 5.25 Å². The van der Waals surface area contributed by atoms with Crippen molar-refractivity contribution >= 4 is 10.8 Å². The summed E-state index contributed by atoms with van der Waals surface area (Å²) in [5.74, 6) is 1.29. The molecule has 0 saturated carbocycles. The molecule has 2 nitrogen and oxygen atoms in total. The van der Waals surface area contributed by atoms with Gasteiger partial charge in [0.2, 0.25) is 0 Å². The van der Waals surface area contributed by atoms with Gasteiger partial charge < -0.3 is 5.73 Å². The molecule has 2 unspecified atom stereocenters. The Labute approximate surface area is 65.6 Å². The zero-order chi connectivity index (χ0) is 8.15. The van der Waals surface area contributed by atoms with Crippen LogP contribution < -0.4 is 5.73 Å². The monoisotopic (exact) mass is 163 g/mol. The molecular formula is C7H17NOS. The van der Waals surface area contributed by atoms with Crippen LogP contribution in [0.4, 0.5) is 0 Å². The molecule has 10 heavy (non-hydrogen) atoms. The summed E-state index contributed by atoms with van der Waals surface area (Å²) in [7, 11) is -0.720. The zero-order valence-electron chi connectivity index (χ0n) is 6.96. The predicted octanol–water partition coefficient (Wildman–Crippen LogP) is 0.738. The molecule has 2 N–H and O–H groups in total. The van der Waals surface area contributed by atoms with E-state index in [0.717, 1.165) is 5.75 Å². The summed E-state index contributed by atoms with van der Waals surface area (Å²) in [6.45, 7) is 6.60. The molecule has 0 fully saturated rings. The molecule has 0 saturated heterocycles. The van der Waals surface area contributed by atoms with E-state index in [2.05, 4.69) is 13.8 Å². The second-order valence-electron chi connectivity index (χ2n) is 2.99. The minimum atomic E-state index is -0.720. The van der Waals surface area contributed by atoms with E-state index < -0.39 is 10.8 Å². The van der Waals surface area contributed by atoms with Gasteiger partial charge in [-0.1, -0.05) is 13.8 Å². The fourth-order valence-corrected chi connectivity index (χ4v) is 1.80. The summed E-state index contributed by atoms with van der Waals surface area (Å²) in [5.41, 5.74) is 5.36. The van der Waals surface area contributed by atoms with E-state index >= 15 is 0 Å². The van der Waals surface area contributed by atoms with E-state index in [1.807, 2.05) is 6.92 Å². The Hall–Kier alpha value is 0.110. The Morgan fingerprint density at radius 2 is 1.90 bits per heavy atom. The zero-order valence-corrected chi connectivity index (χ0v) is 7.78. The number of hydrogen-bond acceptors (Lipinski definition) is 2. The van der Waals surface area contributed by atoms with Gasteiger partial charge in [-0.05, 0) is 12.8 Å². The summed E-state index contributed by atoms with van der Waals surface area (Å²) in [6.07, 6.45) is 0. The quantitative estimate of drug-likeness (QED) is 0.664. The van der Waals surface area contributed by atoms with Gasteiger partial charge in [0.05, 0.1) is 0 Å². The highest BCUT2D eigenvalue weighted by Gasteiger charge is 2.09. The topological polar surface area (TPSA) is 43.1 Å². The average Bonchev–Trinajstić information content (AvgIpc) is 1.85. The maximum Gasteiger partial charge on any atom is 0.0442 e. The molecular weight excluding hydrogens is 146 g/mol. The van der Waals surface area contributed by atoms with Crippen LogP contribution in [0, 0.1) is 5.92 Å². The summed E-state index contributed by atoms with van der Waals surface area (Å²) >= 11 is 0. The van der Waals surface area contributed by atoms with Crippen molar-refractivity contribution in [1.29, 1.82) is 0 Å². The molecule has 0 radical (unpaired) electrons. The summed E-state index contributed by atoms with van der Waals surface area (Å²) in [5, 5.41) is 0.155. The lowest BCUT2D eigenvalue weighted by atomic mass is 10.3. The molecule has 2 atom stereocenters. The van der Waals surface area contributed by atoms with E-state index in [1.165, 1.54) is 0 Å². The molecule has 0 aliphatic carbocycles. The smallest absolute Gasteiger partial charge is 0.0442 e. The van der Waals surface area contributed by atoms with Crippen LogP contribution in [0.25, 0.3) is 0 Å². The van der Waals surface area contributed by atoms with Crippen molar-refractivity contribution in [2.24, 2.45) is 11.7 Å². The second kappa shape index (κ2) is 4.85. The lowest BCUT2D eigenvalue weighted by Crippen LogP contribution is -2.25. The third-order valence-electron chi connectivity index (χ3n) is 1.28. The van der Waals surface area contributed by atoms with Gasteiger partial charge in [0, 0.05) is 28.3 Å². The molecule has 0 aromatic rings. The average molecular weight is 163 g/mol. The summed E-state index contributed by atoms with van der Waals surface area (Å²) in [6, 6.07) is 0. The van der Waals surface area contributed by atoms with Gasteiger partial charge >= 0.3 is 0 Å². The Kier molecular flexibility index (Phi) is 4.91. The highest BCUT2D eigenvalue weighted by Crippen LogP contribution is 2.00. The third kappa shape index (κ3) is 4.01. The van der Waals surface area contributed by atoms with Gasteiger partial charge in [0.1, 0.15) is 0 Å². The van der Waals surface area contributed by atoms with Crippen molar-refractivity contribution in [3.05, 3.63) is 0 Å². The minimum absolute atomic E-state index is 0.155. The van der Waals surface area contributed by atoms with Crippen molar-refractivity contribution in [3.8, 4) is 0 Å². The van der Waals surface area contributed by atoms with Crippen LogP contribution in [0.3, 0.4) is 0 Å². The van der Waals surface area contributed by atoms with Gasteiger partial charge in [-0.25, -0.2) is 0 Å². The molecule has 0 spiro atoms. The van der Waals surface area contributed by atoms with Gasteiger partial charge in [-0.3, -0.25) is 4.21 Å². The van der Waals surface area contributed by atoms with E-state index in [4.69, 9.17) is 5.73 Å². The fraction of sp³-hybridized carbons (Fsp3) is 1.00. The van der Waals surface area contributed by atoms with Crippen LogP contribution in [0.15, 0.2) is 0 Å². The van der Waals surface area contributed by atoms with Gasteiger partial charge in [-0.15, -0.1) is 0 Å². The molecule has 0 heterocycles. The van der Waals surface area contributed by atoms with Crippen LogP contribution in [-0.2, 0) is 10.8 Å². The van der Waals surface area contributed by atoms with Gasteiger partial charge in [0.15, 0.2) is 0 Å². The third-order valence-corrected chi connectivity index (χ3v) is 3.36. The Balaban J connectivity index is 3.62. The first-order chi connectivity index (χ1) is 4.57. The van der Waals surface area contributed by atoms with Crippen molar-refractivity contribution < 1.29 is 4.21 Å². The van der Waals surface area contributed by atoms with Crippen LogP contribution in [0.1, 0.15) is 20.8 Å². The van der Waals surface area contributed by atoms with E-state index in [1.54, 1.807) is 0 Å². The maximum absolute atomic E-state index is 11.2. The molecule has 0 aromatic heterocycles. The molecule has 62 valence electrons. The van der Waals surface area contributed by atoms with Crippen LogP contribution in [0.2, 0.25) is 0 Å². The SMILES string of the molecule is CC(C)CS(=O)C(C)CN. The standard InChI is InChI=1S/C7H17NOS/c1-6(2)5-10(9)7(3)4-8/h6-7H,4-5,8H2,1-3H3. The number of hydrogen-bond donors (Lipinski definition) is 1. The molecule has 0 aliphatic rings. The number of rotatable bonds is 4. The maximum atomic E-state index is 11.2. The predicted molar refractivity (Wildman–Crippen MR) is 46.4 cm³/mol. The lowest BCUT2D eigenvalue weighted by Gasteiger charge is -2.09. The summed E-state index contributed by atoms with van der Waals surface area (Å²) in [4.78, 5) is 0. The molecule has 0 aromatic carbocycles. The molecule has 0 aliphatic heterocycles.